The molecule has 1 aliphatic heterocycles. The molecule has 0 saturated carbocycles. The minimum Gasteiger partial charge on any atom is -0.358 e. The summed E-state index contributed by atoms with van der Waals surface area (Å²) >= 11 is 0. The van der Waals surface area contributed by atoms with Crippen molar-refractivity contribution in [3.8, 4) is 0 Å². The van der Waals surface area contributed by atoms with Crippen LogP contribution in [-0.4, -0.2) is 41.5 Å². The molecule has 2 aromatic rings. The largest absolute Gasteiger partial charge is 0.358 e. The normalized spacial score (nSPS) is 19.6. The number of amides is 1. The summed E-state index contributed by atoms with van der Waals surface area (Å²) in [6.45, 7) is 8.78. The Labute approximate surface area is 119 Å². The first-order chi connectivity index (χ1) is 9.58. The number of benzene rings is 1. The van der Waals surface area contributed by atoms with Crippen molar-refractivity contribution in [1.29, 1.82) is 0 Å². The van der Waals surface area contributed by atoms with E-state index in [0.29, 0.717) is 0 Å². The van der Waals surface area contributed by atoms with Crippen LogP contribution >= 0.6 is 0 Å². The lowest BCUT2D eigenvalue weighted by Gasteiger charge is -2.34. The average molecular weight is 271 g/mol. The number of aromatic amines is 1. The second-order valence-electron chi connectivity index (χ2n) is 5.69. The maximum atomic E-state index is 12.7. The molecule has 3 rings (SSSR count). The van der Waals surface area contributed by atoms with E-state index in [1.165, 1.54) is 11.3 Å². The van der Waals surface area contributed by atoms with E-state index in [0.717, 1.165) is 36.1 Å². The van der Waals surface area contributed by atoms with Crippen LogP contribution in [0.2, 0.25) is 0 Å². The molecule has 2 N–H and O–H groups in total. The lowest BCUT2D eigenvalue weighted by atomic mass is 10.1. The maximum Gasteiger partial charge on any atom is 0.254 e. The van der Waals surface area contributed by atoms with Crippen molar-refractivity contribution in [1.82, 2.24) is 15.2 Å². The fourth-order valence-corrected chi connectivity index (χ4v) is 2.90. The average Bonchev–Trinajstić information content (AvgIpc) is 2.74. The van der Waals surface area contributed by atoms with Crippen molar-refractivity contribution in [2.45, 2.75) is 26.8 Å². The third kappa shape index (κ3) is 2.10. The van der Waals surface area contributed by atoms with Crippen molar-refractivity contribution in [3.63, 3.8) is 0 Å². The first-order valence-electron chi connectivity index (χ1n) is 7.18. The summed E-state index contributed by atoms with van der Waals surface area (Å²) in [4.78, 5) is 18.0. The molecule has 1 aromatic carbocycles. The van der Waals surface area contributed by atoms with Crippen molar-refractivity contribution in [3.05, 3.63) is 35.0 Å². The Morgan fingerprint density at radius 1 is 1.35 bits per heavy atom. The van der Waals surface area contributed by atoms with Gasteiger partial charge in [-0.2, -0.15) is 0 Å². The van der Waals surface area contributed by atoms with Crippen molar-refractivity contribution >= 4 is 16.8 Å². The highest BCUT2D eigenvalue weighted by atomic mass is 16.2. The lowest BCUT2D eigenvalue weighted by molar-refractivity contribution is 0.0656. The standard InChI is InChI=1S/C16H21N3O/c1-10-9-17-6-7-19(10)16(20)13-4-5-15-14(8-13)11(2)12(3)18-15/h4-5,8,10,17-18H,6-7,9H2,1-3H3. The molecule has 20 heavy (non-hydrogen) atoms. The zero-order valence-electron chi connectivity index (χ0n) is 12.3. The molecule has 1 atom stereocenters. The Morgan fingerprint density at radius 2 is 2.15 bits per heavy atom. The summed E-state index contributed by atoms with van der Waals surface area (Å²) in [5.41, 5.74) is 4.28. The molecule has 1 saturated heterocycles. The van der Waals surface area contributed by atoms with Crippen LogP contribution in [0.15, 0.2) is 18.2 Å². The Kier molecular flexibility index (Phi) is 3.26. The van der Waals surface area contributed by atoms with Crippen LogP contribution in [0, 0.1) is 13.8 Å². The molecule has 0 radical (unpaired) electrons. The number of carbonyl (C=O) groups is 1. The number of hydrogen-bond donors (Lipinski definition) is 2. The number of aryl methyl sites for hydroxylation is 2. The van der Waals surface area contributed by atoms with E-state index >= 15 is 0 Å². The highest BCUT2D eigenvalue weighted by molar-refractivity contribution is 5.99. The van der Waals surface area contributed by atoms with Gasteiger partial charge in [0.25, 0.3) is 5.91 Å². The number of hydrogen-bond acceptors (Lipinski definition) is 2. The number of nitrogens with zero attached hydrogens (tertiary/aromatic N) is 1. The molecule has 0 bridgehead atoms. The van der Waals surface area contributed by atoms with Gasteiger partial charge in [-0.25, -0.2) is 0 Å². The minimum atomic E-state index is 0.138. The minimum absolute atomic E-state index is 0.138. The number of fused-ring (bicyclic) bond motifs is 1. The molecular formula is C16H21N3O. The zero-order valence-corrected chi connectivity index (χ0v) is 12.3. The molecule has 2 heterocycles. The van der Waals surface area contributed by atoms with E-state index in [2.05, 4.69) is 31.1 Å². The van der Waals surface area contributed by atoms with Gasteiger partial charge >= 0.3 is 0 Å². The number of aromatic nitrogens is 1. The van der Waals surface area contributed by atoms with E-state index in [1.807, 2.05) is 23.1 Å². The number of carbonyl (C=O) groups excluding carboxylic acids is 1. The molecule has 1 unspecified atom stereocenters. The van der Waals surface area contributed by atoms with E-state index in [-0.39, 0.29) is 11.9 Å². The second-order valence-corrected chi connectivity index (χ2v) is 5.69. The van der Waals surface area contributed by atoms with Gasteiger partial charge in [-0.1, -0.05) is 0 Å². The third-order valence-corrected chi connectivity index (χ3v) is 4.32. The zero-order chi connectivity index (χ0) is 14.3. The monoisotopic (exact) mass is 271 g/mol. The van der Waals surface area contributed by atoms with E-state index in [9.17, 15) is 4.79 Å². The SMILES string of the molecule is Cc1[nH]c2ccc(C(=O)N3CCNCC3C)cc2c1C. The molecule has 4 nitrogen and oxygen atoms in total. The summed E-state index contributed by atoms with van der Waals surface area (Å²) in [5.74, 6) is 0.138. The first-order valence-corrected chi connectivity index (χ1v) is 7.18. The molecular weight excluding hydrogens is 250 g/mol. The highest BCUT2D eigenvalue weighted by Crippen LogP contribution is 2.23. The van der Waals surface area contributed by atoms with Crippen LogP contribution in [0.25, 0.3) is 10.9 Å². The van der Waals surface area contributed by atoms with Crippen molar-refractivity contribution < 1.29 is 4.79 Å². The fraction of sp³-hybridized carbons (Fsp3) is 0.438. The summed E-state index contributed by atoms with van der Waals surface area (Å²) in [6.07, 6.45) is 0. The molecule has 1 amide bonds. The smallest absolute Gasteiger partial charge is 0.254 e. The van der Waals surface area contributed by atoms with Gasteiger partial charge in [-0.3, -0.25) is 4.79 Å². The fourth-order valence-electron chi connectivity index (χ4n) is 2.90. The van der Waals surface area contributed by atoms with Gasteiger partial charge in [0.05, 0.1) is 0 Å². The Hall–Kier alpha value is -1.81. The number of rotatable bonds is 1. The summed E-state index contributed by atoms with van der Waals surface area (Å²) in [7, 11) is 0. The second kappa shape index (κ2) is 4.94. The Bertz CT molecular complexity index is 659. The Morgan fingerprint density at radius 3 is 2.90 bits per heavy atom. The van der Waals surface area contributed by atoms with Gasteiger partial charge in [-0.05, 0) is 44.5 Å². The summed E-state index contributed by atoms with van der Waals surface area (Å²) in [6, 6.07) is 6.20. The van der Waals surface area contributed by atoms with Crippen LogP contribution in [0.3, 0.4) is 0 Å². The number of nitrogens with one attached hydrogen (secondary N) is 2. The third-order valence-electron chi connectivity index (χ3n) is 4.32. The first kappa shape index (κ1) is 13.2. The van der Waals surface area contributed by atoms with E-state index in [1.54, 1.807) is 0 Å². The van der Waals surface area contributed by atoms with Crippen molar-refractivity contribution in [2.75, 3.05) is 19.6 Å². The van der Waals surface area contributed by atoms with Gasteiger partial charge in [0.15, 0.2) is 0 Å². The molecule has 1 fully saturated rings. The predicted octanol–water partition coefficient (Wildman–Crippen LogP) is 2.22. The molecule has 106 valence electrons. The van der Waals surface area contributed by atoms with Gasteiger partial charge in [0.1, 0.15) is 0 Å². The topological polar surface area (TPSA) is 48.1 Å². The Balaban J connectivity index is 1.97. The maximum absolute atomic E-state index is 12.7. The van der Waals surface area contributed by atoms with Crippen LogP contribution in [0.4, 0.5) is 0 Å². The quantitative estimate of drug-likeness (QED) is 0.835. The van der Waals surface area contributed by atoms with Crippen LogP contribution in [0.1, 0.15) is 28.5 Å². The number of H-pyrrole nitrogens is 1. The highest BCUT2D eigenvalue weighted by Gasteiger charge is 2.24. The van der Waals surface area contributed by atoms with Gasteiger partial charge in [-0.15, -0.1) is 0 Å². The molecule has 0 spiro atoms. The van der Waals surface area contributed by atoms with Crippen molar-refractivity contribution in [2.24, 2.45) is 0 Å². The molecule has 4 heteroatoms. The molecule has 0 aliphatic carbocycles. The summed E-state index contributed by atoms with van der Waals surface area (Å²) < 4.78 is 0. The van der Waals surface area contributed by atoms with Gasteiger partial charge < -0.3 is 15.2 Å². The molecule has 1 aromatic heterocycles. The van der Waals surface area contributed by atoms with Crippen LogP contribution < -0.4 is 5.32 Å². The number of piperazine rings is 1. The summed E-state index contributed by atoms with van der Waals surface area (Å²) in [5, 5.41) is 4.46. The van der Waals surface area contributed by atoms with Crippen LogP contribution in [-0.2, 0) is 0 Å². The van der Waals surface area contributed by atoms with Crippen LogP contribution in [0.5, 0.6) is 0 Å². The van der Waals surface area contributed by atoms with E-state index in [4.69, 9.17) is 0 Å². The molecule has 1 aliphatic rings. The van der Waals surface area contributed by atoms with Gasteiger partial charge in [0, 0.05) is 47.8 Å². The predicted molar refractivity (Wildman–Crippen MR) is 81.1 cm³/mol. The van der Waals surface area contributed by atoms with E-state index < -0.39 is 0 Å². The lowest BCUT2D eigenvalue weighted by Crippen LogP contribution is -2.52. The van der Waals surface area contributed by atoms with Gasteiger partial charge in [0.2, 0.25) is 0 Å².